The normalized spacial score (nSPS) is 12.1. The van der Waals surface area contributed by atoms with E-state index in [2.05, 4.69) is 4.40 Å². The topological polar surface area (TPSA) is 72.8 Å². The molecule has 0 atom stereocenters. The van der Waals surface area contributed by atoms with Gasteiger partial charge in [-0.25, -0.2) is 4.79 Å². The molecule has 5 nitrogen and oxygen atoms in total. The van der Waals surface area contributed by atoms with Gasteiger partial charge in [0.15, 0.2) is 0 Å². The lowest BCUT2D eigenvalue weighted by molar-refractivity contribution is -0.133. The molecule has 0 unspecified atom stereocenters. The van der Waals surface area contributed by atoms with Crippen molar-refractivity contribution in [3.8, 4) is 0 Å². The molecule has 0 fully saturated rings. The van der Waals surface area contributed by atoms with E-state index in [1.165, 1.54) is 12.1 Å². The maximum absolute atomic E-state index is 11.8. The third-order valence-electron chi connectivity index (χ3n) is 2.17. The summed E-state index contributed by atoms with van der Waals surface area (Å²) in [5.41, 5.74) is 0.939. The predicted molar refractivity (Wildman–Crippen MR) is 72.6 cm³/mol. The van der Waals surface area contributed by atoms with Gasteiger partial charge < -0.3 is 4.74 Å². The lowest BCUT2D eigenvalue weighted by Crippen LogP contribution is -2.07. The van der Waals surface area contributed by atoms with Crippen molar-refractivity contribution in [2.75, 3.05) is 6.61 Å². The Kier molecular flexibility index (Phi) is 5.44. The van der Waals surface area contributed by atoms with Crippen LogP contribution in [0.5, 0.6) is 0 Å². The maximum atomic E-state index is 11.8. The summed E-state index contributed by atoms with van der Waals surface area (Å²) in [5.74, 6) is -0.797. The van der Waals surface area contributed by atoms with Gasteiger partial charge in [0.1, 0.15) is 12.8 Å². The smallest absolute Gasteiger partial charge is 0.350 e. The summed E-state index contributed by atoms with van der Waals surface area (Å²) in [5, 5.41) is 0. The molecule has 102 valence electrons. The van der Waals surface area contributed by atoms with Gasteiger partial charge in [0, 0.05) is 0 Å². The number of carbonyl (C=O) groups excluding carboxylic acids is 1. The van der Waals surface area contributed by atoms with Gasteiger partial charge in [0.25, 0.3) is 10.0 Å². The van der Waals surface area contributed by atoms with Crippen molar-refractivity contribution in [1.82, 2.24) is 0 Å². The minimum Gasteiger partial charge on any atom is -0.457 e. The van der Waals surface area contributed by atoms with Crippen LogP contribution in [-0.4, -0.2) is 27.2 Å². The van der Waals surface area contributed by atoms with Gasteiger partial charge in [0.05, 0.1) is 4.90 Å². The number of allylic oxidation sites excluding steroid dienone is 1. The number of hydrogen-bond donors (Lipinski definition) is 0. The zero-order chi connectivity index (χ0) is 14.3. The zero-order valence-electron chi connectivity index (χ0n) is 10.7. The number of aryl methyl sites for hydroxylation is 1. The van der Waals surface area contributed by atoms with E-state index in [0.717, 1.165) is 5.56 Å². The van der Waals surface area contributed by atoms with E-state index in [9.17, 15) is 13.2 Å². The monoisotopic (exact) mass is 281 g/mol. The average molecular weight is 281 g/mol. The van der Waals surface area contributed by atoms with E-state index in [-0.39, 0.29) is 11.5 Å². The molecule has 0 amide bonds. The molecule has 6 heteroatoms. The summed E-state index contributed by atoms with van der Waals surface area (Å²) in [6.07, 6.45) is 4.01. The third-order valence-corrected chi connectivity index (χ3v) is 3.42. The Hall–Kier alpha value is -1.95. The van der Waals surface area contributed by atoms with Crippen molar-refractivity contribution in [3.05, 3.63) is 42.0 Å². The van der Waals surface area contributed by atoms with Gasteiger partial charge in [-0.1, -0.05) is 29.8 Å². The number of esters is 1. The van der Waals surface area contributed by atoms with Crippen LogP contribution in [0.2, 0.25) is 0 Å². The molecule has 0 aromatic heterocycles. The molecule has 0 saturated carbocycles. The van der Waals surface area contributed by atoms with Gasteiger partial charge in [-0.15, -0.1) is 0 Å². The first-order valence-corrected chi connectivity index (χ1v) is 7.04. The van der Waals surface area contributed by atoms with Gasteiger partial charge in [0.2, 0.25) is 0 Å². The third kappa shape index (κ3) is 5.05. The van der Waals surface area contributed by atoms with Gasteiger partial charge in [-0.3, -0.25) is 0 Å². The minimum absolute atomic E-state index is 0.0376. The van der Waals surface area contributed by atoms with Crippen molar-refractivity contribution in [3.63, 3.8) is 0 Å². The van der Waals surface area contributed by atoms with Gasteiger partial charge in [-0.05, 0) is 26.0 Å². The Balaban J connectivity index is 2.74. The molecule has 0 radical (unpaired) electrons. The second-order valence-corrected chi connectivity index (χ2v) is 5.35. The summed E-state index contributed by atoms with van der Waals surface area (Å²) in [6, 6.07) is 6.19. The van der Waals surface area contributed by atoms with Gasteiger partial charge >= 0.3 is 5.97 Å². The Labute approximate surface area is 112 Å². The van der Waals surface area contributed by atoms with Crippen LogP contribution in [0.15, 0.2) is 45.7 Å². The Morgan fingerprint density at radius 1 is 1.32 bits per heavy atom. The first-order valence-electron chi connectivity index (χ1n) is 5.60. The van der Waals surface area contributed by atoms with Crippen molar-refractivity contribution >= 4 is 22.2 Å². The number of benzene rings is 1. The fourth-order valence-electron chi connectivity index (χ4n) is 1.15. The molecule has 0 aliphatic carbocycles. The van der Waals surface area contributed by atoms with E-state index < -0.39 is 16.0 Å². The Morgan fingerprint density at radius 2 is 1.95 bits per heavy atom. The molecule has 0 N–H and O–H groups in total. The van der Waals surface area contributed by atoms with Crippen LogP contribution in [0.4, 0.5) is 0 Å². The van der Waals surface area contributed by atoms with Crippen LogP contribution < -0.4 is 0 Å². The Morgan fingerprint density at radius 3 is 2.53 bits per heavy atom. The molecule has 1 aromatic carbocycles. The van der Waals surface area contributed by atoms with Crippen LogP contribution in [0.25, 0.3) is 0 Å². The molecular weight excluding hydrogens is 266 g/mol. The molecule has 0 aliphatic rings. The molecule has 0 saturated heterocycles. The number of ether oxygens (including phenoxy) is 1. The first-order chi connectivity index (χ1) is 8.95. The van der Waals surface area contributed by atoms with Crippen LogP contribution in [0.1, 0.15) is 12.5 Å². The molecule has 1 rings (SSSR count). The summed E-state index contributed by atoms with van der Waals surface area (Å²) >= 11 is 0. The van der Waals surface area contributed by atoms with Crippen molar-refractivity contribution < 1.29 is 17.9 Å². The van der Waals surface area contributed by atoms with E-state index in [1.54, 1.807) is 31.2 Å². The highest BCUT2D eigenvalue weighted by atomic mass is 32.2. The summed E-state index contributed by atoms with van der Waals surface area (Å²) in [7, 11) is -3.85. The number of sulfonamides is 1. The van der Waals surface area contributed by atoms with Crippen LogP contribution >= 0.6 is 0 Å². The minimum atomic E-state index is -3.85. The molecule has 0 aliphatic heterocycles. The van der Waals surface area contributed by atoms with Crippen molar-refractivity contribution in [1.29, 1.82) is 0 Å². The molecule has 0 bridgehead atoms. The van der Waals surface area contributed by atoms with Crippen LogP contribution in [0, 0.1) is 6.92 Å². The number of carbonyl (C=O) groups is 1. The SMILES string of the molecule is C/C=C/COC(=O)/C=N/S(=O)(=O)c1ccc(C)cc1. The fourth-order valence-corrected chi connectivity index (χ4v) is 1.97. The highest BCUT2D eigenvalue weighted by Gasteiger charge is 2.11. The zero-order valence-corrected chi connectivity index (χ0v) is 11.6. The first kappa shape index (κ1) is 15.1. The highest BCUT2D eigenvalue weighted by Crippen LogP contribution is 2.12. The molecule has 0 heterocycles. The summed E-state index contributed by atoms with van der Waals surface area (Å²) in [6.45, 7) is 3.72. The predicted octanol–water partition coefficient (Wildman–Crippen LogP) is 1.87. The largest absolute Gasteiger partial charge is 0.457 e. The van der Waals surface area contributed by atoms with E-state index in [1.807, 2.05) is 6.92 Å². The highest BCUT2D eigenvalue weighted by molar-refractivity contribution is 7.90. The summed E-state index contributed by atoms with van der Waals surface area (Å²) < 4.78 is 31.5. The lowest BCUT2D eigenvalue weighted by atomic mass is 10.2. The lowest BCUT2D eigenvalue weighted by Gasteiger charge is -1.99. The molecular formula is C13H15NO4S. The van der Waals surface area contributed by atoms with E-state index in [0.29, 0.717) is 6.21 Å². The second-order valence-electron chi connectivity index (χ2n) is 3.72. The molecule has 1 aromatic rings. The molecule has 0 spiro atoms. The number of hydrogen-bond acceptors (Lipinski definition) is 4. The van der Waals surface area contributed by atoms with E-state index >= 15 is 0 Å². The van der Waals surface area contributed by atoms with E-state index in [4.69, 9.17) is 4.74 Å². The maximum Gasteiger partial charge on any atom is 0.350 e. The molecule has 19 heavy (non-hydrogen) atoms. The fraction of sp³-hybridized carbons (Fsp3) is 0.231. The van der Waals surface area contributed by atoms with Crippen molar-refractivity contribution in [2.45, 2.75) is 18.7 Å². The second kappa shape index (κ2) is 6.84. The Bertz CT molecular complexity index is 586. The van der Waals surface area contributed by atoms with Crippen LogP contribution in [0.3, 0.4) is 0 Å². The standard InChI is InChI=1S/C13H15NO4S/c1-3-4-9-18-13(15)10-14-19(16,17)12-7-5-11(2)6-8-12/h3-8,10H,9H2,1-2H3/b4-3+,14-10+. The number of nitrogens with zero attached hydrogens (tertiary/aromatic N) is 1. The van der Waals surface area contributed by atoms with Gasteiger partial charge in [-0.2, -0.15) is 12.8 Å². The van der Waals surface area contributed by atoms with Crippen molar-refractivity contribution in [2.24, 2.45) is 4.40 Å². The van der Waals surface area contributed by atoms with Crippen LogP contribution in [-0.2, 0) is 19.6 Å². The number of rotatable bonds is 5. The quantitative estimate of drug-likeness (QED) is 0.469. The summed E-state index contributed by atoms with van der Waals surface area (Å²) in [4.78, 5) is 11.2. The average Bonchev–Trinajstić information content (AvgIpc) is 2.37.